The molecule has 25 heavy (non-hydrogen) atoms. The number of aromatic nitrogens is 4. The summed E-state index contributed by atoms with van der Waals surface area (Å²) in [5, 5.41) is 17.5. The molecule has 0 fully saturated rings. The van der Waals surface area contributed by atoms with Gasteiger partial charge in [0.25, 0.3) is 5.91 Å². The highest BCUT2D eigenvalue weighted by Gasteiger charge is 2.32. The first kappa shape index (κ1) is 15.5. The number of aliphatic hydroxyl groups excluding tert-OH is 1. The topological polar surface area (TPSA) is 95.0 Å². The molecule has 126 valence electrons. The van der Waals surface area contributed by atoms with Gasteiger partial charge in [-0.15, -0.1) is 0 Å². The van der Waals surface area contributed by atoms with E-state index in [2.05, 4.69) is 20.2 Å². The van der Waals surface area contributed by atoms with Crippen LogP contribution < -0.4 is 4.90 Å². The van der Waals surface area contributed by atoms with Crippen molar-refractivity contribution in [3.8, 4) is 11.4 Å². The number of carbonyl (C=O) groups excluding carboxylic acids is 1. The van der Waals surface area contributed by atoms with Gasteiger partial charge >= 0.3 is 0 Å². The molecular weight excluding hydrogens is 318 g/mol. The maximum Gasteiger partial charge on any atom is 0.277 e. The van der Waals surface area contributed by atoms with Gasteiger partial charge in [-0.3, -0.25) is 19.8 Å². The predicted molar refractivity (Wildman–Crippen MR) is 92.2 cm³/mol. The van der Waals surface area contributed by atoms with Gasteiger partial charge in [-0.25, -0.2) is 4.98 Å². The Morgan fingerprint density at radius 1 is 1.28 bits per heavy atom. The van der Waals surface area contributed by atoms with Crippen LogP contribution >= 0.6 is 0 Å². The molecule has 1 aliphatic rings. The number of nitrogens with zero attached hydrogens (tertiary/aromatic N) is 4. The van der Waals surface area contributed by atoms with Crippen molar-refractivity contribution in [2.45, 2.75) is 19.4 Å². The number of aromatic amines is 1. The van der Waals surface area contributed by atoms with Crippen molar-refractivity contribution in [1.82, 2.24) is 20.2 Å². The van der Waals surface area contributed by atoms with Gasteiger partial charge in [0.05, 0.1) is 11.8 Å². The van der Waals surface area contributed by atoms with Crippen molar-refractivity contribution in [1.29, 1.82) is 0 Å². The monoisotopic (exact) mass is 335 g/mol. The Morgan fingerprint density at radius 3 is 2.92 bits per heavy atom. The first-order chi connectivity index (χ1) is 12.1. The maximum atomic E-state index is 12.9. The van der Waals surface area contributed by atoms with Crippen LogP contribution in [0.3, 0.4) is 0 Å². The van der Waals surface area contributed by atoms with Crippen molar-refractivity contribution < 1.29 is 9.90 Å². The second kappa shape index (κ2) is 5.78. The Hall–Kier alpha value is -3.06. The van der Waals surface area contributed by atoms with Gasteiger partial charge in [-0.05, 0) is 25.1 Å². The first-order valence-corrected chi connectivity index (χ1v) is 7.98. The fourth-order valence-corrected chi connectivity index (χ4v) is 3.11. The third kappa shape index (κ3) is 2.49. The minimum absolute atomic E-state index is 0.251. The van der Waals surface area contributed by atoms with Crippen molar-refractivity contribution >= 4 is 11.7 Å². The number of hydrogen-bond donors (Lipinski definition) is 2. The SMILES string of the molecule is Cc1cccc(N(C)C(=O)c2[nH]nc3c2CC(O)c2cccnc2-3)n1. The molecule has 3 heterocycles. The lowest BCUT2D eigenvalue weighted by Gasteiger charge is -2.21. The summed E-state index contributed by atoms with van der Waals surface area (Å²) in [6.07, 6.45) is 1.27. The molecule has 0 bridgehead atoms. The summed E-state index contributed by atoms with van der Waals surface area (Å²) < 4.78 is 0. The number of anilines is 1. The molecule has 1 unspecified atom stereocenters. The maximum absolute atomic E-state index is 12.9. The molecule has 1 amide bonds. The van der Waals surface area contributed by atoms with E-state index in [1.807, 2.05) is 25.1 Å². The molecule has 7 heteroatoms. The summed E-state index contributed by atoms with van der Waals surface area (Å²) in [7, 11) is 1.67. The molecular formula is C18H17N5O2. The summed E-state index contributed by atoms with van der Waals surface area (Å²) in [5.74, 6) is 0.307. The highest BCUT2D eigenvalue weighted by molar-refractivity contribution is 6.05. The van der Waals surface area contributed by atoms with E-state index in [4.69, 9.17) is 0 Å². The Morgan fingerprint density at radius 2 is 2.12 bits per heavy atom. The van der Waals surface area contributed by atoms with E-state index in [0.29, 0.717) is 34.9 Å². The first-order valence-electron chi connectivity index (χ1n) is 7.98. The van der Waals surface area contributed by atoms with Gasteiger partial charge in [0.15, 0.2) is 0 Å². The van der Waals surface area contributed by atoms with E-state index in [1.54, 1.807) is 25.4 Å². The van der Waals surface area contributed by atoms with Gasteiger partial charge in [-0.1, -0.05) is 12.1 Å². The number of rotatable bonds is 2. The van der Waals surface area contributed by atoms with Crippen LogP contribution in [0.4, 0.5) is 5.82 Å². The van der Waals surface area contributed by atoms with Gasteiger partial charge < -0.3 is 5.11 Å². The van der Waals surface area contributed by atoms with Crippen LogP contribution in [0, 0.1) is 6.92 Å². The fourth-order valence-electron chi connectivity index (χ4n) is 3.11. The molecule has 3 aromatic heterocycles. The molecule has 2 N–H and O–H groups in total. The van der Waals surface area contributed by atoms with E-state index in [0.717, 1.165) is 11.3 Å². The van der Waals surface area contributed by atoms with Gasteiger partial charge in [0.2, 0.25) is 0 Å². The summed E-state index contributed by atoms with van der Waals surface area (Å²) in [4.78, 5) is 23.1. The number of pyridine rings is 2. The van der Waals surface area contributed by atoms with E-state index in [9.17, 15) is 9.90 Å². The molecule has 1 aliphatic carbocycles. The van der Waals surface area contributed by atoms with Crippen LogP contribution in [-0.4, -0.2) is 38.2 Å². The van der Waals surface area contributed by atoms with Crippen LogP contribution in [0.15, 0.2) is 36.5 Å². The zero-order valence-electron chi connectivity index (χ0n) is 13.9. The summed E-state index contributed by atoms with van der Waals surface area (Å²) in [6, 6.07) is 9.11. The number of hydrogen-bond acceptors (Lipinski definition) is 5. The molecule has 0 saturated heterocycles. The quantitative estimate of drug-likeness (QED) is 0.747. The predicted octanol–water partition coefficient (Wildman–Crippen LogP) is 2.04. The standard InChI is InChI=1S/C18H17N5O2/c1-10-5-3-7-14(20-10)23(2)18(25)17-12-9-13(24)11-6-4-8-19-15(11)16(12)21-22-17/h3-8,13,24H,9H2,1-2H3,(H,21,22). The molecule has 1 atom stereocenters. The summed E-state index contributed by atoms with van der Waals surface area (Å²) >= 11 is 0. The molecule has 3 aromatic rings. The van der Waals surface area contributed by atoms with Crippen LogP contribution in [0.25, 0.3) is 11.4 Å². The zero-order valence-corrected chi connectivity index (χ0v) is 13.9. The second-order valence-electron chi connectivity index (χ2n) is 6.09. The third-order valence-corrected chi connectivity index (χ3v) is 4.42. The van der Waals surface area contributed by atoms with Crippen LogP contribution in [0.5, 0.6) is 0 Å². The van der Waals surface area contributed by atoms with Crippen LogP contribution in [-0.2, 0) is 6.42 Å². The van der Waals surface area contributed by atoms with E-state index in [-0.39, 0.29) is 5.91 Å². The van der Waals surface area contributed by atoms with Crippen molar-refractivity contribution in [2.75, 3.05) is 11.9 Å². The zero-order chi connectivity index (χ0) is 17.6. The number of fused-ring (bicyclic) bond motifs is 3. The highest BCUT2D eigenvalue weighted by atomic mass is 16.3. The lowest BCUT2D eigenvalue weighted by Crippen LogP contribution is -2.29. The van der Waals surface area contributed by atoms with E-state index < -0.39 is 6.10 Å². The van der Waals surface area contributed by atoms with Crippen molar-refractivity contribution in [3.05, 3.63) is 59.0 Å². The molecule has 4 rings (SSSR count). The fraction of sp³-hybridized carbons (Fsp3) is 0.222. The average Bonchev–Trinajstić information content (AvgIpc) is 3.04. The van der Waals surface area contributed by atoms with Crippen LogP contribution in [0.2, 0.25) is 0 Å². The number of aliphatic hydroxyl groups is 1. The normalized spacial score (nSPS) is 15.4. The number of amides is 1. The van der Waals surface area contributed by atoms with Gasteiger partial charge in [-0.2, -0.15) is 5.10 Å². The smallest absolute Gasteiger partial charge is 0.277 e. The molecule has 0 aromatic carbocycles. The lowest BCUT2D eigenvalue weighted by molar-refractivity contribution is 0.0985. The minimum atomic E-state index is -0.706. The van der Waals surface area contributed by atoms with Crippen molar-refractivity contribution in [3.63, 3.8) is 0 Å². The van der Waals surface area contributed by atoms with Gasteiger partial charge in [0.1, 0.15) is 17.2 Å². The van der Waals surface area contributed by atoms with E-state index in [1.165, 1.54) is 4.90 Å². The Balaban J connectivity index is 1.74. The lowest BCUT2D eigenvalue weighted by atomic mass is 9.90. The van der Waals surface area contributed by atoms with Crippen LogP contribution in [0.1, 0.15) is 33.4 Å². The minimum Gasteiger partial charge on any atom is -0.388 e. The molecule has 0 spiro atoms. The molecule has 0 radical (unpaired) electrons. The molecule has 0 saturated carbocycles. The number of carbonyl (C=O) groups is 1. The number of nitrogens with one attached hydrogen (secondary N) is 1. The summed E-state index contributed by atoms with van der Waals surface area (Å²) in [6.45, 7) is 1.87. The number of H-pyrrole nitrogens is 1. The Bertz CT molecular complexity index is 966. The second-order valence-corrected chi connectivity index (χ2v) is 6.09. The van der Waals surface area contributed by atoms with Gasteiger partial charge in [0, 0.05) is 36.5 Å². The summed E-state index contributed by atoms with van der Waals surface area (Å²) in [5.41, 5.74) is 3.84. The van der Waals surface area contributed by atoms with Crippen molar-refractivity contribution in [2.24, 2.45) is 0 Å². The van der Waals surface area contributed by atoms with E-state index >= 15 is 0 Å². The third-order valence-electron chi connectivity index (χ3n) is 4.42. The Kier molecular flexibility index (Phi) is 3.58. The highest BCUT2D eigenvalue weighted by Crippen LogP contribution is 2.37. The Labute approximate surface area is 144 Å². The molecule has 7 nitrogen and oxygen atoms in total. The average molecular weight is 335 g/mol. The largest absolute Gasteiger partial charge is 0.388 e. The molecule has 0 aliphatic heterocycles. The number of aryl methyl sites for hydroxylation is 1.